The van der Waals surface area contributed by atoms with E-state index in [0.717, 1.165) is 12.5 Å². The van der Waals surface area contributed by atoms with E-state index in [1.807, 2.05) is 0 Å². The maximum absolute atomic E-state index is 6.14. The van der Waals surface area contributed by atoms with E-state index in [-0.39, 0.29) is 5.67 Å². The lowest BCUT2D eigenvalue weighted by Crippen LogP contribution is -2.49. The quantitative estimate of drug-likeness (QED) is 0.696. The molecule has 0 spiro atoms. The summed E-state index contributed by atoms with van der Waals surface area (Å²) in [5, 5.41) is 0. The summed E-state index contributed by atoms with van der Waals surface area (Å²) in [6, 6.07) is 0.794. The van der Waals surface area contributed by atoms with Gasteiger partial charge >= 0.3 is 8.80 Å². The van der Waals surface area contributed by atoms with Crippen LogP contribution in [0.3, 0.4) is 0 Å². The molecular weight excluding hydrogens is 226 g/mol. The fourth-order valence-corrected chi connectivity index (χ4v) is 4.40. The molecule has 0 rings (SSSR count). The molecule has 0 aliphatic rings. The fraction of sp³-hybridized carbons (Fsp3) is 1.00. The molecule has 1 unspecified atom stereocenters. The predicted octanol–water partition coefficient (Wildman–Crippen LogP) is 1.46. The van der Waals surface area contributed by atoms with Crippen LogP contribution in [0.15, 0.2) is 0 Å². The average molecular weight is 251 g/mol. The topological polar surface area (TPSA) is 53.7 Å². The third-order valence-electron chi connectivity index (χ3n) is 2.81. The van der Waals surface area contributed by atoms with Crippen LogP contribution >= 0.6 is 0 Å². The zero-order valence-electron chi connectivity index (χ0n) is 10.8. The van der Waals surface area contributed by atoms with Gasteiger partial charge in [-0.25, -0.2) is 0 Å². The highest BCUT2D eigenvalue weighted by Gasteiger charge is 2.39. The van der Waals surface area contributed by atoms with Gasteiger partial charge in [-0.1, -0.05) is 19.6 Å². The maximum Gasteiger partial charge on any atom is 0.500 e. The van der Waals surface area contributed by atoms with Gasteiger partial charge < -0.3 is 19.0 Å². The summed E-state index contributed by atoms with van der Waals surface area (Å²) >= 11 is 0. The van der Waals surface area contributed by atoms with Crippen LogP contribution in [-0.2, 0) is 13.3 Å². The van der Waals surface area contributed by atoms with Crippen LogP contribution in [0.25, 0.3) is 0 Å². The Hall–Kier alpha value is 0.274. The first-order valence-electron chi connectivity index (χ1n) is 5.22. The Morgan fingerprint density at radius 3 is 1.67 bits per heavy atom. The molecule has 0 aliphatic carbocycles. The molecule has 2 N–H and O–H groups in total. The van der Waals surface area contributed by atoms with Gasteiger partial charge in [0.15, 0.2) is 0 Å². The summed E-state index contributed by atoms with van der Waals surface area (Å²) in [6.07, 6.45) is 0.914. The Morgan fingerprint density at radius 1 is 1.00 bits per heavy atom. The lowest BCUT2D eigenvalue weighted by Gasteiger charge is -2.29. The minimum absolute atomic E-state index is 0.268. The molecule has 0 bridgehead atoms. The Balaban J connectivity index is 4.23. The maximum atomic E-state index is 6.14. The highest BCUT2D eigenvalue weighted by atomic mass is 28.4. The third kappa shape index (κ3) is 4.75. The second kappa shape index (κ2) is 6.12. The first-order chi connectivity index (χ1) is 6.81. The molecule has 4 nitrogen and oxygen atoms in total. The van der Waals surface area contributed by atoms with E-state index < -0.39 is 16.9 Å². The minimum atomic E-state index is -2.42. The molecule has 1 atom stereocenters. The lowest BCUT2D eigenvalue weighted by molar-refractivity contribution is 0.123. The largest absolute Gasteiger partial charge is 0.500 e. The predicted molar refractivity (Wildman–Crippen MR) is 67.5 cm³/mol. The molecule has 0 aromatic carbocycles. The van der Waals surface area contributed by atoms with E-state index in [9.17, 15) is 0 Å². The molecule has 15 heavy (non-hydrogen) atoms. The van der Waals surface area contributed by atoms with Crippen molar-refractivity contribution >= 4 is 16.9 Å². The highest BCUT2D eigenvalue weighted by Crippen LogP contribution is 2.19. The van der Waals surface area contributed by atoms with Crippen molar-refractivity contribution in [2.45, 2.75) is 37.8 Å². The summed E-state index contributed by atoms with van der Waals surface area (Å²) in [7, 11) is 1.23. The van der Waals surface area contributed by atoms with Gasteiger partial charge in [-0.3, -0.25) is 0 Å². The van der Waals surface area contributed by atoms with Crippen molar-refractivity contribution in [1.29, 1.82) is 0 Å². The second-order valence-corrected chi connectivity index (χ2v) is 13.4. The molecule has 0 amide bonds. The number of nitrogens with two attached hydrogens (primary N) is 1. The zero-order valence-corrected chi connectivity index (χ0v) is 12.8. The molecule has 92 valence electrons. The summed E-state index contributed by atoms with van der Waals surface area (Å²) in [6.45, 7) is 6.81. The van der Waals surface area contributed by atoms with Gasteiger partial charge in [0.2, 0.25) is 0 Å². The fourth-order valence-electron chi connectivity index (χ4n) is 1.32. The molecule has 0 aliphatic heterocycles. The van der Waals surface area contributed by atoms with E-state index in [2.05, 4.69) is 19.6 Å². The van der Waals surface area contributed by atoms with Crippen LogP contribution in [0.4, 0.5) is 0 Å². The van der Waals surface area contributed by atoms with Gasteiger partial charge in [0, 0.05) is 27.4 Å². The Bertz CT molecular complexity index is 172. The molecule has 0 saturated heterocycles. The highest BCUT2D eigenvalue weighted by molar-refractivity contribution is 6.77. The van der Waals surface area contributed by atoms with Crippen molar-refractivity contribution in [2.75, 3.05) is 21.3 Å². The summed E-state index contributed by atoms with van der Waals surface area (Å²) in [5.74, 6) is 0. The normalized spacial score (nSPS) is 15.4. The zero-order chi connectivity index (χ0) is 12.1. The van der Waals surface area contributed by atoms with Crippen molar-refractivity contribution < 1.29 is 13.3 Å². The van der Waals surface area contributed by atoms with Gasteiger partial charge in [-0.15, -0.1) is 0 Å². The Kier molecular flexibility index (Phi) is 6.23. The molecule has 0 aromatic rings. The molecule has 0 radical (unpaired) electrons. The van der Waals surface area contributed by atoms with Crippen LogP contribution in [0.2, 0.25) is 25.7 Å². The monoisotopic (exact) mass is 251 g/mol. The van der Waals surface area contributed by atoms with E-state index >= 15 is 0 Å². The average Bonchev–Trinajstić information content (AvgIpc) is 2.19. The Labute approximate surface area is 95.5 Å². The van der Waals surface area contributed by atoms with Crippen LogP contribution in [0.5, 0.6) is 0 Å². The molecule has 0 aromatic heterocycles. The first-order valence-corrected chi connectivity index (χ1v) is 10.7. The lowest BCUT2D eigenvalue weighted by atomic mass is 10.5. The van der Waals surface area contributed by atoms with Crippen LogP contribution in [0.1, 0.15) is 6.42 Å². The SMILES string of the molecule is CO[Si](CCC(N)[Si](C)(C)C)(OC)OC. The van der Waals surface area contributed by atoms with Crippen molar-refractivity contribution in [3.8, 4) is 0 Å². The van der Waals surface area contributed by atoms with Gasteiger partial charge in [-0.05, 0) is 12.1 Å². The van der Waals surface area contributed by atoms with E-state index in [1.54, 1.807) is 21.3 Å². The summed E-state index contributed by atoms with van der Waals surface area (Å²) in [5.41, 5.74) is 6.41. The van der Waals surface area contributed by atoms with Gasteiger partial charge in [0.05, 0.1) is 8.07 Å². The third-order valence-corrected chi connectivity index (χ3v) is 8.09. The van der Waals surface area contributed by atoms with E-state index in [1.165, 1.54) is 0 Å². The smallest absolute Gasteiger partial charge is 0.377 e. The van der Waals surface area contributed by atoms with Crippen LogP contribution in [-0.4, -0.2) is 43.9 Å². The van der Waals surface area contributed by atoms with Crippen LogP contribution < -0.4 is 5.73 Å². The van der Waals surface area contributed by atoms with Gasteiger partial charge in [-0.2, -0.15) is 0 Å². The molecule has 0 fully saturated rings. The number of rotatable bonds is 7. The molecule has 0 heterocycles. The minimum Gasteiger partial charge on any atom is -0.377 e. The number of hydrogen-bond donors (Lipinski definition) is 1. The second-order valence-electron chi connectivity index (χ2n) is 4.81. The van der Waals surface area contributed by atoms with Crippen LogP contribution in [0, 0.1) is 0 Å². The van der Waals surface area contributed by atoms with E-state index in [0.29, 0.717) is 0 Å². The van der Waals surface area contributed by atoms with Gasteiger partial charge in [0.25, 0.3) is 0 Å². The van der Waals surface area contributed by atoms with Crippen molar-refractivity contribution in [3.63, 3.8) is 0 Å². The summed E-state index contributed by atoms with van der Waals surface area (Å²) in [4.78, 5) is 0. The van der Waals surface area contributed by atoms with Gasteiger partial charge in [0.1, 0.15) is 0 Å². The standard InChI is InChI=1S/C9H25NO3Si2/c1-11-15(12-2,13-3)8-7-9(10)14(4,5)6/h9H,7-8,10H2,1-6H3. The Morgan fingerprint density at radius 2 is 1.40 bits per heavy atom. The molecule has 0 saturated carbocycles. The number of hydrogen-bond acceptors (Lipinski definition) is 4. The van der Waals surface area contributed by atoms with Crippen molar-refractivity contribution in [3.05, 3.63) is 0 Å². The van der Waals surface area contributed by atoms with E-state index in [4.69, 9.17) is 19.0 Å². The summed E-state index contributed by atoms with van der Waals surface area (Å²) < 4.78 is 16.1. The van der Waals surface area contributed by atoms with Crippen molar-refractivity contribution in [2.24, 2.45) is 5.73 Å². The first kappa shape index (κ1) is 15.3. The molecular formula is C9H25NO3Si2. The molecule has 6 heteroatoms. The van der Waals surface area contributed by atoms with Crippen molar-refractivity contribution in [1.82, 2.24) is 0 Å².